The summed E-state index contributed by atoms with van der Waals surface area (Å²) in [6.45, 7) is 23.2. The van der Waals surface area contributed by atoms with Crippen molar-refractivity contribution in [2.45, 2.75) is 134 Å². The SMILES string of the molecule is CCCC(C)(C)CC[C@@](C)(CCC(C)(C)[C@]1(C)CC[C@H]2C(C)(C)C(=O)C(C#N)=C[C@]2(C)[C@H]1CC(C)=O)COP(=O)(O)O. The molecule has 0 radical (unpaired) electrons. The molecule has 0 spiro atoms. The summed E-state index contributed by atoms with van der Waals surface area (Å²) in [5, 5.41) is 9.91. The van der Waals surface area contributed by atoms with Crippen molar-refractivity contribution in [1.82, 2.24) is 0 Å². The van der Waals surface area contributed by atoms with Crippen LogP contribution in [0.2, 0.25) is 0 Å². The third-order valence-corrected chi connectivity index (χ3v) is 12.3. The maximum absolute atomic E-state index is 13.3. The molecule has 0 bridgehead atoms. The largest absolute Gasteiger partial charge is 0.469 e. The lowest BCUT2D eigenvalue weighted by molar-refractivity contribution is -0.156. The van der Waals surface area contributed by atoms with E-state index in [2.05, 4.69) is 61.5 Å². The van der Waals surface area contributed by atoms with Gasteiger partial charge in [0.2, 0.25) is 0 Å². The molecule has 0 unspecified atom stereocenters. The van der Waals surface area contributed by atoms with Crippen LogP contribution in [-0.2, 0) is 18.7 Å². The fourth-order valence-corrected chi connectivity index (χ4v) is 9.04. The molecule has 8 heteroatoms. The number of phosphoric acid groups is 1. The van der Waals surface area contributed by atoms with Crippen LogP contribution in [0.4, 0.5) is 0 Å². The summed E-state index contributed by atoms with van der Waals surface area (Å²) in [5.74, 6) is -0.0640. The van der Waals surface area contributed by atoms with E-state index in [1.54, 1.807) is 6.92 Å². The number of ketones is 2. The molecule has 2 N–H and O–H groups in total. The zero-order valence-corrected chi connectivity index (χ0v) is 29.1. The number of Topliss-reactive ketones (excluding diaryl/α,β-unsaturated/α-hetero) is 2. The van der Waals surface area contributed by atoms with Crippen molar-refractivity contribution in [3.8, 4) is 6.07 Å². The van der Waals surface area contributed by atoms with Gasteiger partial charge >= 0.3 is 7.82 Å². The minimum absolute atomic E-state index is 0.0190. The zero-order valence-electron chi connectivity index (χ0n) is 28.2. The van der Waals surface area contributed by atoms with E-state index < -0.39 is 24.1 Å². The summed E-state index contributed by atoms with van der Waals surface area (Å²) in [5.41, 5.74) is -1.86. The first-order valence-corrected chi connectivity index (χ1v) is 17.3. The van der Waals surface area contributed by atoms with Crippen molar-refractivity contribution >= 4 is 19.4 Å². The Morgan fingerprint density at radius 1 is 1.07 bits per heavy atom. The Kier molecular flexibility index (Phi) is 11.0. The topological polar surface area (TPSA) is 125 Å². The van der Waals surface area contributed by atoms with Crippen LogP contribution >= 0.6 is 7.82 Å². The molecule has 2 rings (SSSR count). The Balaban J connectivity index is 2.50. The lowest BCUT2D eigenvalue weighted by Gasteiger charge is -2.64. The van der Waals surface area contributed by atoms with Crippen LogP contribution in [0.3, 0.4) is 0 Å². The quantitative estimate of drug-likeness (QED) is 0.189. The molecule has 1 saturated carbocycles. The first-order chi connectivity index (χ1) is 18.9. The van der Waals surface area contributed by atoms with Gasteiger partial charge in [0.1, 0.15) is 11.9 Å². The van der Waals surface area contributed by atoms with Gasteiger partial charge in [0.25, 0.3) is 0 Å². The third kappa shape index (κ3) is 7.84. The summed E-state index contributed by atoms with van der Waals surface area (Å²) in [4.78, 5) is 45.1. The Morgan fingerprint density at radius 2 is 1.64 bits per heavy atom. The molecule has 0 aliphatic heterocycles. The smallest absolute Gasteiger partial charge is 0.303 e. The fraction of sp³-hybridized carbons (Fsp3) is 0.853. The lowest BCUT2D eigenvalue weighted by Crippen LogP contribution is -2.60. The predicted octanol–water partition coefficient (Wildman–Crippen LogP) is 8.59. The standard InChI is InChI=1S/C34H58NO6P/c1-12-14-29(3,4)16-18-32(9,23-41-42(38,39)40)19-17-30(5,6)34(11)15-13-26-31(7,8)28(37)25(22-35)21-33(26,10)27(34)20-24(2)36/h21,26-27H,12-20,23H2,1-11H3,(H2,38,39,40)/t26-,27+,32-,33-,34+/m0/s1. The van der Waals surface area contributed by atoms with E-state index >= 15 is 0 Å². The summed E-state index contributed by atoms with van der Waals surface area (Å²) in [6.07, 6.45) is 9.30. The second-order valence-electron chi connectivity index (χ2n) is 16.4. The summed E-state index contributed by atoms with van der Waals surface area (Å²) < 4.78 is 16.8. The number of carbonyl (C=O) groups is 2. The van der Waals surface area contributed by atoms with Crippen molar-refractivity contribution in [1.29, 1.82) is 5.26 Å². The van der Waals surface area contributed by atoms with E-state index in [1.807, 2.05) is 19.9 Å². The predicted molar refractivity (Wildman–Crippen MR) is 167 cm³/mol. The van der Waals surface area contributed by atoms with Gasteiger partial charge < -0.3 is 14.6 Å². The van der Waals surface area contributed by atoms with Crippen LogP contribution in [0.1, 0.15) is 134 Å². The van der Waals surface area contributed by atoms with Crippen molar-refractivity contribution in [2.24, 2.45) is 44.3 Å². The van der Waals surface area contributed by atoms with Gasteiger partial charge in [-0.3, -0.25) is 9.32 Å². The average Bonchev–Trinajstić information content (AvgIpc) is 2.84. The van der Waals surface area contributed by atoms with E-state index in [-0.39, 0.29) is 51.8 Å². The lowest BCUT2D eigenvalue weighted by atomic mass is 9.39. The highest BCUT2D eigenvalue weighted by molar-refractivity contribution is 7.46. The molecule has 0 amide bonds. The number of rotatable bonds is 14. The molecule has 0 heterocycles. The average molecular weight is 608 g/mol. The number of hydrogen-bond acceptors (Lipinski definition) is 5. The first kappa shape index (κ1) is 36.9. The summed E-state index contributed by atoms with van der Waals surface area (Å²) >= 11 is 0. The molecule has 1 fully saturated rings. The van der Waals surface area contributed by atoms with Crippen LogP contribution in [0.15, 0.2) is 11.6 Å². The van der Waals surface area contributed by atoms with Crippen LogP contribution in [0.5, 0.6) is 0 Å². The van der Waals surface area contributed by atoms with Gasteiger partial charge in [0.05, 0.1) is 12.2 Å². The summed E-state index contributed by atoms with van der Waals surface area (Å²) in [6, 6.07) is 2.16. The molecule has 0 aromatic rings. The van der Waals surface area contributed by atoms with Gasteiger partial charge in [-0.1, -0.05) is 81.7 Å². The van der Waals surface area contributed by atoms with Gasteiger partial charge in [0.15, 0.2) is 5.78 Å². The normalized spacial score (nSPS) is 29.7. The first-order valence-electron chi connectivity index (χ1n) is 15.8. The van der Waals surface area contributed by atoms with Crippen molar-refractivity contribution in [3.63, 3.8) is 0 Å². The zero-order chi connectivity index (χ0) is 32.6. The van der Waals surface area contributed by atoms with Gasteiger partial charge in [-0.05, 0) is 90.8 Å². The van der Waals surface area contributed by atoms with E-state index in [4.69, 9.17) is 4.52 Å². The van der Waals surface area contributed by atoms with Gasteiger partial charge in [-0.2, -0.15) is 5.26 Å². The molecule has 7 nitrogen and oxygen atoms in total. The second-order valence-corrected chi connectivity index (χ2v) is 17.7. The van der Waals surface area contributed by atoms with Crippen LogP contribution in [0.25, 0.3) is 0 Å². The van der Waals surface area contributed by atoms with Crippen molar-refractivity contribution in [3.05, 3.63) is 11.6 Å². The number of carbonyl (C=O) groups excluding carboxylic acids is 2. The van der Waals surface area contributed by atoms with Gasteiger partial charge in [-0.25, -0.2) is 4.57 Å². The Bertz CT molecular complexity index is 1140. The molecular formula is C34H58NO6P. The molecule has 0 saturated heterocycles. The maximum Gasteiger partial charge on any atom is 0.469 e. The number of nitrogens with zero attached hydrogens (tertiary/aromatic N) is 1. The van der Waals surface area contributed by atoms with Crippen LogP contribution < -0.4 is 0 Å². The van der Waals surface area contributed by atoms with E-state index in [0.29, 0.717) is 12.8 Å². The molecule has 0 aromatic heterocycles. The highest BCUT2D eigenvalue weighted by atomic mass is 31.2. The molecule has 42 heavy (non-hydrogen) atoms. The highest BCUT2D eigenvalue weighted by Crippen LogP contribution is 2.68. The molecule has 2 aliphatic carbocycles. The number of hydrogen-bond donors (Lipinski definition) is 2. The van der Waals surface area contributed by atoms with E-state index in [0.717, 1.165) is 44.9 Å². The van der Waals surface area contributed by atoms with Gasteiger partial charge in [0, 0.05) is 11.8 Å². The number of allylic oxidation sites excluding steroid dienone is 2. The monoisotopic (exact) mass is 607 g/mol. The molecule has 0 aromatic carbocycles. The second kappa shape index (κ2) is 12.6. The van der Waals surface area contributed by atoms with E-state index in [9.17, 15) is 29.2 Å². The number of phosphoric ester groups is 1. The fourth-order valence-electron chi connectivity index (χ4n) is 8.56. The number of nitriles is 1. The maximum atomic E-state index is 13.3. The Labute approximate surface area is 255 Å². The Morgan fingerprint density at radius 3 is 2.14 bits per heavy atom. The number of fused-ring (bicyclic) bond motifs is 1. The van der Waals surface area contributed by atoms with Crippen LogP contribution in [-0.4, -0.2) is 28.0 Å². The molecule has 2 aliphatic rings. The highest BCUT2D eigenvalue weighted by Gasteiger charge is 2.63. The Hall–Kier alpha value is -1.32. The van der Waals surface area contributed by atoms with Crippen LogP contribution in [0, 0.1) is 55.7 Å². The molecule has 5 atom stereocenters. The molecule has 240 valence electrons. The minimum Gasteiger partial charge on any atom is -0.303 e. The van der Waals surface area contributed by atoms with E-state index in [1.165, 1.54) is 0 Å². The van der Waals surface area contributed by atoms with Crippen molar-refractivity contribution in [2.75, 3.05) is 6.61 Å². The third-order valence-electron chi connectivity index (χ3n) is 11.8. The molecular weight excluding hydrogens is 549 g/mol. The van der Waals surface area contributed by atoms with Crippen molar-refractivity contribution < 1.29 is 28.5 Å². The minimum atomic E-state index is -4.62. The summed E-state index contributed by atoms with van der Waals surface area (Å²) in [7, 11) is -4.62. The van der Waals surface area contributed by atoms with Gasteiger partial charge in [-0.15, -0.1) is 0 Å².